The normalized spacial score (nSPS) is 11.6. The molecule has 0 atom stereocenters. The summed E-state index contributed by atoms with van der Waals surface area (Å²) in [7, 11) is -3.75. The molecule has 0 radical (unpaired) electrons. The minimum absolute atomic E-state index is 0.0542. The summed E-state index contributed by atoms with van der Waals surface area (Å²) in [6.07, 6.45) is 0. The van der Waals surface area contributed by atoms with Gasteiger partial charge in [0.1, 0.15) is 5.82 Å². The molecule has 2 amide bonds. The van der Waals surface area contributed by atoms with Crippen molar-refractivity contribution in [3.8, 4) is 0 Å². The molecule has 0 aliphatic carbocycles. The number of carbonyl (C=O) groups excluding carboxylic acids is 1. The van der Waals surface area contributed by atoms with E-state index >= 15 is 0 Å². The minimum Gasteiger partial charge on any atom is -0.339 e. The van der Waals surface area contributed by atoms with Gasteiger partial charge in [0, 0.05) is 29.7 Å². The van der Waals surface area contributed by atoms with E-state index in [1.807, 2.05) is 83.4 Å². The van der Waals surface area contributed by atoms with E-state index in [1.54, 1.807) is 25.1 Å². The molecule has 4 aromatic carbocycles. The van der Waals surface area contributed by atoms with E-state index in [0.717, 1.165) is 22.2 Å². The van der Waals surface area contributed by atoms with E-state index < -0.39 is 15.9 Å². The Hall–Kier alpha value is -4.43. The molecule has 0 fully saturated rings. The van der Waals surface area contributed by atoms with E-state index in [9.17, 15) is 17.6 Å². The van der Waals surface area contributed by atoms with Crippen LogP contribution in [0.2, 0.25) is 0 Å². The molecule has 0 unspecified atom stereocenters. The van der Waals surface area contributed by atoms with Crippen molar-refractivity contribution in [3.05, 3.63) is 137 Å². The number of sulfone groups is 1. The number of hydrogen-bond acceptors (Lipinski definition) is 3. The fourth-order valence-corrected chi connectivity index (χ4v) is 6.64. The Balaban J connectivity index is 1.32. The Morgan fingerprint density at radius 2 is 1.40 bits per heavy atom. The van der Waals surface area contributed by atoms with Gasteiger partial charge in [-0.2, -0.15) is 0 Å². The Kier molecular flexibility index (Phi) is 7.98. The number of aromatic nitrogens is 1. The number of benzene rings is 4. The summed E-state index contributed by atoms with van der Waals surface area (Å²) in [5, 5.41) is 6.33. The molecule has 2 N–H and O–H groups in total. The van der Waals surface area contributed by atoms with Crippen LogP contribution in [0.3, 0.4) is 0 Å². The van der Waals surface area contributed by atoms with Gasteiger partial charge in [-0.25, -0.2) is 17.6 Å². The molecular formula is C32H30FN3O3S. The summed E-state index contributed by atoms with van der Waals surface area (Å²) in [6.45, 7) is 2.13. The first-order chi connectivity index (χ1) is 19.3. The lowest BCUT2D eigenvalue weighted by Crippen LogP contribution is -2.40. The molecule has 0 aliphatic heterocycles. The quantitative estimate of drug-likeness (QED) is 0.234. The number of rotatable bonds is 9. The summed E-state index contributed by atoms with van der Waals surface area (Å²) in [4.78, 5) is 13.1. The van der Waals surface area contributed by atoms with Gasteiger partial charge < -0.3 is 15.2 Å². The molecule has 1 aromatic heterocycles. The van der Waals surface area contributed by atoms with Crippen molar-refractivity contribution in [2.45, 2.75) is 24.4 Å². The summed E-state index contributed by atoms with van der Waals surface area (Å²) in [6, 6.07) is 31.9. The van der Waals surface area contributed by atoms with Gasteiger partial charge in [0.2, 0.25) is 0 Å². The van der Waals surface area contributed by atoms with Gasteiger partial charge in [0.15, 0.2) is 9.84 Å². The van der Waals surface area contributed by atoms with Crippen LogP contribution < -0.4 is 10.6 Å². The van der Waals surface area contributed by atoms with Gasteiger partial charge in [0.05, 0.1) is 16.7 Å². The highest BCUT2D eigenvalue weighted by atomic mass is 32.2. The number of carbonyl (C=O) groups is 1. The Labute approximate surface area is 233 Å². The summed E-state index contributed by atoms with van der Waals surface area (Å²) >= 11 is 0. The van der Waals surface area contributed by atoms with Crippen LogP contribution in [0.4, 0.5) is 9.18 Å². The van der Waals surface area contributed by atoms with Crippen LogP contribution >= 0.6 is 0 Å². The molecule has 6 nitrogen and oxygen atoms in total. The zero-order valence-corrected chi connectivity index (χ0v) is 22.9. The molecule has 0 spiro atoms. The van der Waals surface area contributed by atoms with Crippen LogP contribution in [0.15, 0.2) is 114 Å². The molecule has 0 saturated carbocycles. The Morgan fingerprint density at radius 1 is 0.825 bits per heavy atom. The van der Waals surface area contributed by atoms with Crippen LogP contribution in [0.25, 0.3) is 10.9 Å². The monoisotopic (exact) mass is 555 g/mol. The number of hydrogen-bond donors (Lipinski definition) is 2. The van der Waals surface area contributed by atoms with Crippen molar-refractivity contribution in [2.24, 2.45) is 0 Å². The Bertz CT molecular complexity index is 1680. The number of nitrogens with zero attached hydrogens (tertiary/aromatic N) is 1. The van der Waals surface area contributed by atoms with Crippen LogP contribution in [0.1, 0.15) is 28.4 Å². The Morgan fingerprint density at radius 3 is 2.02 bits per heavy atom. The third-order valence-electron chi connectivity index (χ3n) is 6.94. The van der Waals surface area contributed by atoms with Crippen LogP contribution in [0, 0.1) is 12.7 Å². The number of urea groups is 1. The predicted octanol–water partition coefficient (Wildman–Crippen LogP) is 6.00. The minimum atomic E-state index is -3.75. The number of para-hydroxylation sites is 1. The lowest BCUT2D eigenvalue weighted by atomic mass is 9.99. The van der Waals surface area contributed by atoms with Crippen molar-refractivity contribution < 1.29 is 17.6 Å². The van der Waals surface area contributed by atoms with Crippen LogP contribution in [-0.4, -0.2) is 31.3 Å². The lowest BCUT2D eigenvalue weighted by Gasteiger charge is -2.20. The molecule has 40 heavy (non-hydrogen) atoms. The first kappa shape index (κ1) is 27.1. The zero-order valence-electron chi connectivity index (χ0n) is 22.0. The fraction of sp³-hybridized carbons (Fsp3) is 0.156. The van der Waals surface area contributed by atoms with E-state index in [0.29, 0.717) is 17.6 Å². The van der Waals surface area contributed by atoms with Gasteiger partial charge in [-0.1, -0.05) is 91.0 Å². The molecule has 0 aliphatic rings. The van der Waals surface area contributed by atoms with E-state index in [2.05, 4.69) is 10.6 Å². The molecule has 1 heterocycles. The van der Waals surface area contributed by atoms with Crippen LogP contribution in [-0.2, 0) is 16.4 Å². The third kappa shape index (κ3) is 5.92. The number of nitrogens with one attached hydrogen (secondary N) is 2. The second-order valence-electron chi connectivity index (χ2n) is 9.62. The van der Waals surface area contributed by atoms with Gasteiger partial charge >= 0.3 is 6.03 Å². The van der Waals surface area contributed by atoms with Crippen LogP contribution in [0.5, 0.6) is 0 Å². The topological polar surface area (TPSA) is 80.2 Å². The molecule has 0 saturated heterocycles. The molecule has 5 aromatic rings. The van der Waals surface area contributed by atoms with Gasteiger partial charge in [-0.05, 0) is 41.8 Å². The average molecular weight is 556 g/mol. The zero-order chi connectivity index (χ0) is 28.1. The average Bonchev–Trinajstić information content (AvgIpc) is 3.25. The second-order valence-corrected chi connectivity index (χ2v) is 11.7. The molecule has 8 heteroatoms. The van der Waals surface area contributed by atoms with E-state index in [-0.39, 0.29) is 29.1 Å². The predicted molar refractivity (Wildman–Crippen MR) is 155 cm³/mol. The number of amides is 2. The first-order valence-electron chi connectivity index (χ1n) is 13.0. The number of fused-ring (bicyclic) bond motifs is 1. The summed E-state index contributed by atoms with van der Waals surface area (Å²) in [5.74, 6) is -0.579. The summed E-state index contributed by atoms with van der Waals surface area (Å²) < 4.78 is 42.5. The largest absolute Gasteiger partial charge is 0.339 e. The van der Waals surface area contributed by atoms with E-state index in [4.69, 9.17) is 0 Å². The first-order valence-corrected chi connectivity index (χ1v) is 14.7. The lowest BCUT2D eigenvalue weighted by molar-refractivity contribution is 0.239. The highest BCUT2D eigenvalue weighted by Crippen LogP contribution is 2.31. The molecule has 5 rings (SSSR count). The SMILES string of the molecule is Cc1c(S(=O)(=O)CCNC(=O)NC(c2ccccc2)c2ccccc2)c2ccccc2n1Cc1ccc(F)cc1. The number of halogens is 1. The van der Waals surface area contributed by atoms with E-state index in [1.165, 1.54) is 12.1 Å². The smallest absolute Gasteiger partial charge is 0.315 e. The van der Waals surface area contributed by atoms with Crippen molar-refractivity contribution >= 4 is 26.8 Å². The maximum Gasteiger partial charge on any atom is 0.315 e. The fourth-order valence-electron chi connectivity index (χ4n) is 5.00. The standard InChI is InChI=1S/C32H30FN3O3S/c1-23-31(28-14-8-9-15-29(28)36(23)22-24-16-18-27(33)19-17-24)40(38,39)21-20-34-32(37)35-30(25-10-4-2-5-11-25)26-12-6-3-7-13-26/h2-19,30H,20-22H2,1H3,(H2,34,35,37). The van der Waals surface area contributed by atoms with Gasteiger partial charge in [0.25, 0.3) is 0 Å². The molecule has 204 valence electrons. The van der Waals surface area contributed by atoms with Crippen molar-refractivity contribution in [1.82, 2.24) is 15.2 Å². The van der Waals surface area contributed by atoms with Crippen molar-refractivity contribution in [2.75, 3.05) is 12.3 Å². The molecule has 0 bridgehead atoms. The maximum absolute atomic E-state index is 13.6. The van der Waals surface area contributed by atoms with Crippen molar-refractivity contribution in [3.63, 3.8) is 0 Å². The highest BCUT2D eigenvalue weighted by Gasteiger charge is 2.25. The third-order valence-corrected chi connectivity index (χ3v) is 8.81. The highest BCUT2D eigenvalue weighted by molar-refractivity contribution is 7.91. The van der Waals surface area contributed by atoms with Gasteiger partial charge in [-0.3, -0.25) is 0 Å². The molecular weight excluding hydrogens is 525 g/mol. The van der Waals surface area contributed by atoms with Gasteiger partial charge in [-0.15, -0.1) is 0 Å². The second kappa shape index (κ2) is 11.8. The maximum atomic E-state index is 13.6. The summed E-state index contributed by atoms with van der Waals surface area (Å²) in [5.41, 5.74) is 4.08. The van der Waals surface area contributed by atoms with Crippen molar-refractivity contribution in [1.29, 1.82) is 0 Å².